The highest BCUT2D eigenvalue weighted by Crippen LogP contribution is 2.14. The Morgan fingerprint density at radius 2 is 2.00 bits per heavy atom. The fraction of sp³-hybridized carbons (Fsp3) is 0.167. The minimum Gasteiger partial charge on any atom is -0.0984 e. The quantitative estimate of drug-likeness (QED) is 0.616. The van der Waals surface area contributed by atoms with E-state index in [0.717, 1.165) is 0 Å². The van der Waals surface area contributed by atoms with Gasteiger partial charge in [0.2, 0.25) is 0 Å². The van der Waals surface area contributed by atoms with Gasteiger partial charge in [-0.3, -0.25) is 0 Å². The molecule has 0 unspecified atom stereocenters. The summed E-state index contributed by atoms with van der Waals surface area (Å²) in [6.45, 7) is 7.89. The van der Waals surface area contributed by atoms with Gasteiger partial charge < -0.3 is 0 Å². The van der Waals surface area contributed by atoms with E-state index in [-0.39, 0.29) is 0 Å². The van der Waals surface area contributed by atoms with Gasteiger partial charge in [-0.2, -0.15) is 0 Å². The molecule has 1 aromatic carbocycles. The third-order valence-corrected chi connectivity index (χ3v) is 1.81. The molecule has 0 aliphatic heterocycles. The highest BCUT2D eigenvalue weighted by atomic mass is 14.0. The van der Waals surface area contributed by atoms with E-state index in [1.807, 2.05) is 19.1 Å². The van der Waals surface area contributed by atoms with Crippen molar-refractivity contribution in [1.82, 2.24) is 0 Å². The van der Waals surface area contributed by atoms with E-state index < -0.39 is 0 Å². The number of rotatable bonds is 2. The van der Waals surface area contributed by atoms with E-state index in [4.69, 9.17) is 0 Å². The van der Waals surface area contributed by atoms with Gasteiger partial charge in [0, 0.05) is 0 Å². The van der Waals surface area contributed by atoms with Gasteiger partial charge in [-0.1, -0.05) is 48.6 Å². The molecule has 0 aliphatic rings. The van der Waals surface area contributed by atoms with E-state index in [1.54, 1.807) is 0 Å². The molecule has 1 rings (SSSR count). The first-order chi connectivity index (χ1) is 5.77. The van der Waals surface area contributed by atoms with Gasteiger partial charge in [0.25, 0.3) is 0 Å². The summed E-state index contributed by atoms with van der Waals surface area (Å²) in [5, 5.41) is 0. The van der Waals surface area contributed by atoms with Gasteiger partial charge in [-0.15, -0.1) is 0 Å². The van der Waals surface area contributed by atoms with Crippen LogP contribution in [0.3, 0.4) is 0 Å². The average molecular weight is 158 g/mol. The van der Waals surface area contributed by atoms with E-state index in [9.17, 15) is 0 Å². The Bertz CT molecular complexity index is 306. The van der Waals surface area contributed by atoms with Crippen LogP contribution in [-0.2, 0) is 0 Å². The third-order valence-electron chi connectivity index (χ3n) is 1.81. The summed E-state index contributed by atoms with van der Waals surface area (Å²) < 4.78 is 0. The normalized spacial score (nSPS) is 10.5. The lowest BCUT2D eigenvalue weighted by Gasteiger charge is -2.01. The average Bonchev–Trinajstić information content (AvgIpc) is 2.08. The van der Waals surface area contributed by atoms with E-state index in [1.165, 1.54) is 16.7 Å². The molecular weight excluding hydrogens is 144 g/mol. The molecule has 0 fully saturated rings. The molecule has 0 nitrogen and oxygen atoms in total. The summed E-state index contributed by atoms with van der Waals surface area (Å²) >= 11 is 0. The van der Waals surface area contributed by atoms with E-state index in [0.29, 0.717) is 0 Å². The Morgan fingerprint density at radius 3 is 2.58 bits per heavy atom. The van der Waals surface area contributed by atoms with Crippen molar-refractivity contribution in [2.45, 2.75) is 13.8 Å². The fourth-order valence-electron chi connectivity index (χ4n) is 1.20. The predicted octanol–water partition coefficient (Wildman–Crippen LogP) is 3.67. The van der Waals surface area contributed by atoms with Crippen LogP contribution in [0.25, 0.3) is 12.2 Å². The SMILES string of the molecule is C=Cc1cc(C)ccc1/C=C\C. The monoisotopic (exact) mass is 158 g/mol. The zero-order chi connectivity index (χ0) is 8.97. The summed E-state index contributed by atoms with van der Waals surface area (Å²) in [5.41, 5.74) is 3.71. The Balaban J connectivity index is 3.19. The molecule has 12 heavy (non-hydrogen) atoms. The lowest BCUT2D eigenvalue weighted by atomic mass is 10.0. The highest BCUT2D eigenvalue weighted by Gasteiger charge is 1.94. The van der Waals surface area contributed by atoms with Gasteiger partial charge in [0.1, 0.15) is 0 Å². The van der Waals surface area contributed by atoms with Crippen LogP contribution in [-0.4, -0.2) is 0 Å². The molecule has 1 aromatic rings. The van der Waals surface area contributed by atoms with Crippen LogP contribution in [0.2, 0.25) is 0 Å². The zero-order valence-electron chi connectivity index (χ0n) is 7.67. The Labute approximate surface area is 74.2 Å². The standard InChI is InChI=1S/C12H14/c1-4-6-12-8-7-10(3)9-11(12)5-2/h4-9H,2H2,1,3H3/b6-4-. The van der Waals surface area contributed by atoms with Crippen molar-refractivity contribution in [3.05, 3.63) is 47.5 Å². The minimum absolute atomic E-state index is 1.20. The second-order valence-electron chi connectivity index (χ2n) is 2.84. The molecule has 0 aromatic heterocycles. The van der Waals surface area contributed by atoms with Crippen molar-refractivity contribution in [3.63, 3.8) is 0 Å². The van der Waals surface area contributed by atoms with Gasteiger partial charge in [-0.05, 0) is 25.0 Å². The van der Waals surface area contributed by atoms with E-state index in [2.05, 4.69) is 37.8 Å². The lowest BCUT2D eigenvalue weighted by molar-refractivity contribution is 1.44. The van der Waals surface area contributed by atoms with Crippen LogP contribution < -0.4 is 0 Å². The third kappa shape index (κ3) is 1.85. The van der Waals surface area contributed by atoms with Crippen LogP contribution in [0.15, 0.2) is 30.9 Å². The molecule has 0 radical (unpaired) electrons. The van der Waals surface area contributed by atoms with Crippen molar-refractivity contribution in [2.75, 3.05) is 0 Å². The van der Waals surface area contributed by atoms with Gasteiger partial charge in [0.05, 0.1) is 0 Å². The molecule has 0 heteroatoms. The van der Waals surface area contributed by atoms with E-state index >= 15 is 0 Å². The maximum Gasteiger partial charge on any atom is -0.0187 e. The summed E-state index contributed by atoms with van der Waals surface area (Å²) in [4.78, 5) is 0. The Hall–Kier alpha value is -1.30. The molecule has 0 amide bonds. The van der Waals surface area contributed by atoms with Gasteiger partial charge >= 0.3 is 0 Å². The Kier molecular flexibility index (Phi) is 2.87. The molecule has 0 saturated heterocycles. The maximum absolute atomic E-state index is 3.78. The van der Waals surface area contributed by atoms with Crippen LogP contribution in [0.5, 0.6) is 0 Å². The zero-order valence-corrected chi connectivity index (χ0v) is 7.67. The Morgan fingerprint density at radius 1 is 1.25 bits per heavy atom. The summed E-state index contributed by atoms with van der Waals surface area (Å²) in [6, 6.07) is 6.37. The van der Waals surface area contributed by atoms with Crippen molar-refractivity contribution in [2.24, 2.45) is 0 Å². The molecule has 0 saturated carbocycles. The molecule has 0 spiro atoms. The smallest absolute Gasteiger partial charge is 0.0187 e. The maximum atomic E-state index is 3.78. The number of aryl methyl sites for hydroxylation is 1. The molecule has 0 N–H and O–H groups in total. The first-order valence-corrected chi connectivity index (χ1v) is 4.13. The van der Waals surface area contributed by atoms with Crippen LogP contribution in [0.4, 0.5) is 0 Å². The molecule has 0 bridgehead atoms. The van der Waals surface area contributed by atoms with Crippen LogP contribution >= 0.6 is 0 Å². The van der Waals surface area contributed by atoms with Crippen molar-refractivity contribution >= 4 is 12.2 Å². The number of hydrogen-bond donors (Lipinski definition) is 0. The van der Waals surface area contributed by atoms with Gasteiger partial charge in [-0.25, -0.2) is 0 Å². The van der Waals surface area contributed by atoms with Crippen molar-refractivity contribution in [3.8, 4) is 0 Å². The lowest BCUT2D eigenvalue weighted by Crippen LogP contribution is -1.81. The molecule has 0 aliphatic carbocycles. The first-order valence-electron chi connectivity index (χ1n) is 4.13. The largest absolute Gasteiger partial charge is 0.0984 e. The number of hydrogen-bond acceptors (Lipinski definition) is 0. The van der Waals surface area contributed by atoms with Crippen molar-refractivity contribution in [1.29, 1.82) is 0 Å². The number of allylic oxidation sites excluding steroid dienone is 1. The van der Waals surface area contributed by atoms with Crippen LogP contribution in [0.1, 0.15) is 23.6 Å². The molecular formula is C12H14. The predicted molar refractivity (Wildman–Crippen MR) is 56.0 cm³/mol. The highest BCUT2D eigenvalue weighted by molar-refractivity contribution is 5.64. The summed E-state index contributed by atoms with van der Waals surface area (Å²) in [5.74, 6) is 0. The van der Waals surface area contributed by atoms with Crippen molar-refractivity contribution < 1.29 is 0 Å². The second-order valence-corrected chi connectivity index (χ2v) is 2.84. The molecule has 0 atom stereocenters. The van der Waals surface area contributed by atoms with Gasteiger partial charge in [0.15, 0.2) is 0 Å². The minimum atomic E-state index is 1.20. The molecule has 62 valence electrons. The second kappa shape index (κ2) is 3.91. The van der Waals surface area contributed by atoms with Crippen LogP contribution in [0, 0.1) is 6.92 Å². The number of benzene rings is 1. The summed E-state index contributed by atoms with van der Waals surface area (Å²) in [7, 11) is 0. The fourth-order valence-corrected chi connectivity index (χ4v) is 1.20. The topological polar surface area (TPSA) is 0 Å². The first kappa shape index (κ1) is 8.79. The molecule has 0 heterocycles. The summed E-state index contributed by atoms with van der Waals surface area (Å²) in [6.07, 6.45) is 6.02.